The summed E-state index contributed by atoms with van der Waals surface area (Å²) in [6.07, 6.45) is 5.39. The normalized spacial score (nSPS) is 18.0. The summed E-state index contributed by atoms with van der Waals surface area (Å²) in [4.78, 5) is 23.6. The predicted octanol–water partition coefficient (Wildman–Crippen LogP) is 4.56. The minimum atomic E-state index is -0.390. The van der Waals surface area contributed by atoms with E-state index < -0.39 is 6.03 Å². The monoisotopic (exact) mass is 453 g/mol. The van der Waals surface area contributed by atoms with Gasteiger partial charge < -0.3 is 24.7 Å². The van der Waals surface area contributed by atoms with Crippen molar-refractivity contribution in [3.05, 3.63) is 47.7 Å². The largest absolute Gasteiger partial charge is 0.459 e. The van der Waals surface area contributed by atoms with E-state index in [2.05, 4.69) is 25.5 Å². The molecule has 2 amide bonds. The number of aryl methyl sites for hydroxylation is 1. The minimum Gasteiger partial charge on any atom is -0.459 e. The number of anilines is 2. The quantitative estimate of drug-likeness (QED) is 0.589. The lowest BCUT2D eigenvalue weighted by molar-refractivity contribution is -0.0188. The lowest BCUT2D eigenvalue weighted by Crippen LogP contribution is -2.62. The molecule has 33 heavy (non-hydrogen) atoms. The Morgan fingerprint density at radius 1 is 1.24 bits per heavy atom. The maximum Gasteiger partial charge on any atom is 0.319 e. The van der Waals surface area contributed by atoms with E-state index in [1.807, 2.05) is 20.8 Å². The van der Waals surface area contributed by atoms with Crippen molar-refractivity contribution < 1.29 is 18.3 Å². The Morgan fingerprint density at radius 2 is 2.00 bits per heavy atom. The van der Waals surface area contributed by atoms with Gasteiger partial charge in [0, 0.05) is 17.6 Å². The number of urea groups is 1. The van der Waals surface area contributed by atoms with Gasteiger partial charge in [-0.2, -0.15) is 0 Å². The molecule has 0 radical (unpaired) electrons. The number of furan rings is 1. The van der Waals surface area contributed by atoms with E-state index in [1.54, 1.807) is 18.5 Å². The Balaban J connectivity index is 1.24. The first kappa shape index (κ1) is 21.6. The van der Waals surface area contributed by atoms with Gasteiger partial charge in [-0.15, -0.1) is 0 Å². The van der Waals surface area contributed by atoms with Crippen LogP contribution >= 0.6 is 0 Å². The molecule has 1 aromatic carbocycles. The number of carbonyl (C=O) groups is 1. The van der Waals surface area contributed by atoms with Gasteiger partial charge in [0.25, 0.3) is 0 Å². The topological polar surface area (TPSA) is 92.5 Å². The van der Waals surface area contributed by atoms with Crippen LogP contribution in [0.2, 0.25) is 0 Å². The van der Waals surface area contributed by atoms with Crippen molar-refractivity contribution in [2.75, 3.05) is 29.9 Å². The Morgan fingerprint density at radius 3 is 2.67 bits per heavy atom. The van der Waals surface area contributed by atoms with E-state index in [9.17, 15) is 9.18 Å². The SMILES string of the molecule is Cc1c(C(NC(=O)Nc2cnc(N3CC4(CCCO4)C3)nc2)C(C)C)oc2ccc(F)cc12. The number of ether oxygens (including phenoxy) is 1. The van der Waals surface area contributed by atoms with Crippen molar-refractivity contribution in [2.45, 2.75) is 45.3 Å². The average molecular weight is 454 g/mol. The van der Waals surface area contributed by atoms with E-state index in [-0.39, 0.29) is 23.4 Å². The molecule has 3 aromatic rings. The van der Waals surface area contributed by atoms with E-state index in [0.717, 1.165) is 38.1 Å². The van der Waals surface area contributed by atoms with Crippen molar-refractivity contribution in [1.82, 2.24) is 15.3 Å². The second-order valence-corrected chi connectivity index (χ2v) is 9.31. The predicted molar refractivity (Wildman–Crippen MR) is 123 cm³/mol. The zero-order chi connectivity index (χ0) is 23.2. The number of hydrogen-bond donors (Lipinski definition) is 2. The van der Waals surface area contributed by atoms with Gasteiger partial charge in [0.1, 0.15) is 22.8 Å². The van der Waals surface area contributed by atoms with Crippen LogP contribution in [0, 0.1) is 18.7 Å². The van der Waals surface area contributed by atoms with Gasteiger partial charge in [-0.25, -0.2) is 19.2 Å². The highest BCUT2D eigenvalue weighted by Gasteiger charge is 2.47. The number of fused-ring (bicyclic) bond motifs is 1. The van der Waals surface area contributed by atoms with Crippen LogP contribution in [0.1, 0.15) is 44.1 Å². The molecule has 0 aliphatic carbocycles. The van der Waals surface area contributed by atoms with Gasteiger partial charge in [0.15, 0.2) is 0 Å². The third-order valence-electron chi connectivity index (χ3n) is 6.49. The fourth-order valence-electron chi connectivity index (χ4n) is 4.70. The molecular formula is C24H28FN5O3. The van der Waals surface area contributed by atoms with Gasteiger partial charge >= 0.3 is 6.03 Å². The molecule has 2 aliphatic rings. The summed E-state index contributed by atoms with van der Waals surface area (Å²) >= 11 is 0. The summed E-state index contributed by atoms with van der Waals surface area (Å²) < 4.78 is 25.5. The molecule has 1 spiro atoms. The number of nitrogens with one attached hydrogen (secondary N) is 2. The lowest BCUT2D eigenvalue weighted by Gasteiger charge is -2.46. The average Bonchev–Trinajstić information content (AvgIpc) is 3.37. The Bertz CT molecular complexity index is 1160. The van der Waals surface area contributed by atoms with Crippen LogP contribution in [0.25, 0.3) is 11.0 Å². The maximum absolute atomic E-state index is 13.7. The molecule has 2 saturated heterocycles. The van der Waals surface area contributed by atoms with Crippen molar-refractivity contribution in [3.63, 3.8) is 0 Å². The maximum atomic E-state index is 13.7. The number of nitrogens with zero attached hydrogens (tertiary/aromatic N) is 3. The number of hydrogen-bond acceptors (Lipinski definition) is 6. The standard InChI is InChI=1S/C24H28FN5O3/c1-14(2)20(21-15(3)18-9-16(25)5-6-19(18)33-21)29-23(31)28-17-10-26-22(27-11-17)30-12-24(13-30)7-4-8-32-24/h5-6,9-11,14,20H,4,7-8,12-13H2,1-3H3,(H2,28,29,31). The lowest BCUT2D eigenvalue weighted by atomic mass is 9.91. The van der Waals surface area contributed by atoms with Crippen LogP contribution in [0.4, 0.5) is 20.8 Å². The second-order valence-electron chi connectivity index (χ2n) is 9.31. The number of amides is 2. The van der Waals surface area contributed by atoms with E-state index in [0.29, 0.717) is 28.4 Å². The summed E-state index contributed by atoms with van der Waals surface area (Å²) in [7, 11) is 0. The Kier molecular flexibility index (Phi) is 5.44. The van der Waals surface area contributed by atoms with E-state index in [1.165, 1.54) is 12.1 Å². The molecule has 9 heteroatoms. The van der Waals surface area contributed by atoms with Crippen molar-refractivity contribution in [1.29, 1.82) is 0 Å². The highest BCUT2D eigenvalue weighted by atomic mass is 19.1. The van der Waals surface area contributed by atoms with Gasteiger partial charge in [-0.05, 0) is 43.9 Å². The van der Waals surface area contributed by atoms with Crippen LogP contribution in [-0.2, 0) is 4.74 Å². The number of rotatable bonds is 5. The van der Waals surface area contributed by atoms with Crippen molar-refractivity contribution in [3.8, 4) is 0 Å². The molecule has 0 saturated carbocycles. The molecule has 2 fully saturated rings. The number of halogens is 1. The van der Waals surface area contributed by atoms with Gasteiger partial charge in [0.2, 0.25) is 5.95 Å². The van der Waals surface area contributed by atoms with Gasteiger partial charge in [-0.1, -0.05) is 13.8 Å². The molecular weight excluding hydrogens is 425 g/mol. The summed E-state index contributed by atoms with van der Waals surface area (Å²) in [5, 5.41) is 6.47. The zero-order valence-electron chi connectivity index (χ0n) is 19.0. The van der Waals surface area contributed by atoms with E-state index in [4.69, 9.17) is 9.15 Å². The zero-order valence-corrected chi connectivity index (χ0v) is 19.0. The molecule has 2 N–H and O–H groups in total. The first-order valence-corrected chi connectivity index (χ1v) is 11.3. The van der Waals surface area contributed by atoms with Crippen LogP contribution in [-0.4, -0.2) is 41.3 Å². The third kappa shape index (κ3) is 4.13. The van der Waals surface area contributed by atoms with Crippen LogP contribution < -0.4 is 15.5 Å². The smallest absolute Gasteiger partial charge is 0.319 e. The second kappa shape index (κ2) is 8.30. The first-order chi connectivity index (χ1) is 15.8. The highest BCUT2D eigenvalue weighted by Crippen LogP contribution is 2.36. The fraction of sp³-hybridized carbons (Fsp3) is 0.458. The highest BCUT2D eigenvalue weighted by molar-refractivity contribution is 5.89. The minimum absolute atomic E-state index is 0.0213. The molecule has 8 nitrogen and oxygen atoms in total. The number of aromatic nitrogens is 2. The summed E-state index contributed by atoms with van der Waals surface area (Å²) in [5.74, 6) is 0.979. The van der Waals surface area contributed by atoms with Crippen LogP contribution in [0.5, 0.6) is 0 Å². The number of carbonyl (C=O) groups excluding carboxylic acids is 1. The first-order valence-electron chi connectivity index (χ1n) is 11.3. The molecule has 0 bridgehead atoms. The van der Waals surface area contributed by atoms with Crippen molar-refractivity contribution >= 4 is 28.6 Å². The Labute approximate surface area is 191 Å². The molecule has 4 heterocycles. The van der Waals surface area contributed by atoms with Gasteiger partial charge in [0.05, 0.1) is 37.2 Å². The molecule has 2 aliphatic heterocycles. The molecule has 2 aromatic heterocycles. The third-order valence-corrected chi connectivity index (χ3v) is 6.49. The van der Waals surface area contributed by atoms with E-state index >= 15 is 0 Å². The molecule has 174 valence electrons. The molecule has 1 unspecified atom stereocenters. The van der Waals surface area contributed by atoms with Crippen LogP contribution in [0.15, 0.2) is 35.0 Å². The van der Waals surface area contributed by atoms with Crippen molar-refractivity contribution in [2.24, 2.45) is 5.92 Å². The summed E-state index contributed by atoms with van der Waals surface area (Å²) in [5.41, 5.74) is 1.88. The summed E-state index contributed by atoms with van der Waals surface area (Å²) in [6.45, 7) is 8.29. The van der Waals surface area contributed by atoms with Gasteiger partial charge in [-0.3, -0.25) is 0 Å². The van der Waals surface area contributed by atoms with Crippen LogP contribution in [0.3, 0.4) is 0 Å². The summed E-state index contributed by atoms with van der Waals surface area (Å²) in [6, 6.07) is 3.65. The number of benzene rings is 1. The molecule has 1 atom stereocenters. The fourth-order valence-corrected chi connectivity index (χ4v) is 4.70. The molecule has 5 rings (SSSR count). The Hall–Kier alpha value is -3.20.